The van der Waals surface area contributed by atoms with Crippen LogP contribution in [0.25, 0.3) is 11.5 Å². The number of furan rings is 1. The van der Waals surface area contributed by atoms with Crippen LogP contribution < -0.4 is 5.56 Å². The van der Waals surface area contributed by atoms with Crippen molar-refractivity contribution < 1.29 is 9.21 Å². The second kappa shape index (κ2) is 8.30. The highest BCUT2D eigenvalue weighted by Gasteiger charge is 2.29. The van der Waals surface area contributed by atoms with Gasteiger partial charge in [0.1, 0.15) is 5.69 Å². The Kier molecular flexibility index (Phi) is 5.57. The van der Waals surface area contributed by atoms with Crippen LogP contribution in [0, 0.1) is 19.8 Å². The summed E-state index contributed by atoms with van der Waals surface area (Å²) in [6.07, 6.45) is 3.23. The molecule has 2 unspecified atom stereocenters. The van der Waals surface area contributed by atoms with E-state index in [9.17, 15) is 9.59 Å². The van der Waals surface area contributed by atoms with Crippen LogP contribution in [0.1, 0.15) is 37.2 Å². The van der Waals surface area contributed by atoms with E-state index >= 15 is 0 Å². The monoisotopic (exact) mass is 409 g/mol. The van der Waals surface area contributed by atoms with Crippen LogP contribution in [0.5, 0.6) is 0 Å². The van der Waals surface area contributed by atoms with Crippen molar-refractivity contribution in [2.75, 3.05) is 13.1 Å². The van der Waals surface area contributed by atoms with Gasteiger partial charge < -0.3 is 9.32 Å². The van der Waals surface area contributed by atoms with Gasteiger partial charge in [-0.3, -0.25) is 14.3 Å². The molecule has 1 saturated heterocycles. The second-order valence-corrected chi connectivity index (χ2v) is 8.07. The normalized spacial score (nSPS) is 17.8. The summed E-state index contributed by atoms with van der Waals surface area (Å²) in [5.74, 6) is 0.509. The summed E-state index contributed by atoms with van der Waals surface area (Å²) < 4.78 is 8.80. The molecule has 0 saturated carbocycles. The van der Waals surface area contributed by atoms with Gasteiger partial charge in [-0.05, 0) is 51.0 Å². The van der Waals surface area contributed by atoms with Gasteiger partial charge in [0.05, 0.1) is 30.5 Å². The fourth-order valence-corrected chi connectivity index (χ4v) is 4.11. The van der Waals surface area contributed by atoms with Gasteiger partial charge in [0.2, 0.25) is 5.91 Å². The summed E-state index contributed by atoms with van der Waals surface area (Å²) in [5.41, 5.74) is 2.45. The van der Waals surface area contributed by atoms with Gasteiger partial charge in [0, 0.05) is 24.8 Å². The highest BCUT2D eigenvalue weighted by Crippen LogP contribution is 2.23. The standard InChI is InChI=1S/C22H27N5O3/c1-15(13-26-17(3)12-16(2)23-26)22(29)25-10-4-6-18(14-25)27-21(28)9-8-19(24-27)20-7-5-11-30-20/h5,7-9,11-12,15,18H,4,6,10,13-14H2,1-3H3. The fraction of sp³-hybridized carbons (Fsp3) is 0.455. The van der Waals surface area contributed by atoms with Crippen molar-refractivity contribution in [2.24, 2.45) is 5.92 Å². The molecule has 4 heterocycles. The zero-order chi connectivity index (χ0) is 21.3. The van der Waals surface area contributed by atoms with Gasteiger partial charge >= 0.3 is 0 Å². The molecule has 0 bridgehead atoms. The smallest absolute Gasteiger partial charge is 0.267 e. The lowest BCUT2D eigenvalue weighted by atomic mass is 10.0. The Hall–Kier alpha value is -3.16. The summed E-state index contributed by atoms with van der Waals surface area (Å²) in [6, 6.07) is 8.65. The first-order valence-electron chi connectivity index (χ1n) is 10.4. The van der Waals surface area contributed by atoms with Crippen LogP contribution >= 0.6 is 0 Å². The third-order valence-corrected chi connectivity index (χ3v) is 5.62. The van der Waals surface area contributed by atoms with Crippen molar-refractivity contribution in [3.8, 4) is 11.5 Å². The number of rotatable bonds is 5. The number of likely N-dealkylation sites (tertiary alicyclic amines) is 1. The summed E-state index contributed by atoms with van der Waals surface area (Å²) in [4.78, 5) is 27.4. The van der Waals surface area contributed by atoms with E-state index in [0.29, 0.717) is 31.1 Å². The molecule has 158 valence electrons. The number of carbonyl (C=O) groups excluding carboxylic acids is 1. The Morgan fingerprint density at radius 2 is 2.10 bits per heavy atom. The van der Waals surface area contributed by atoms with Gasteiger partial charge in [0.15, 0.2) is 5.76 Å². The number of nitrogens with zero attached hydrogens (tertiary/aromatic N) is 5. The molecule has 2 atom stereocenters. The first kappa shape index (κ1) is 20.1. The maximum absolute atomic E-state index is 13.1. The van der Waals surface area contributed by atoms with E-state index in [1.54, 1.807) is 18.4 Å². The number of piperidine rings is 1. The van der Waals surface area contributed by atoms with Gasteiger partial charge in [-0.2, -0.15) is 10.2 Å². The summed E-state index contributed by atoms with van der Waals surface area (Å²) in [6.45, 7) is 7.61. The Labute approximate surface area is 175 Å². The highest BCUT2D eigenvalue weighted by atomic mass is 16.3. The Morgan fingerprint density at radius 1 is 1.27 bits per heavy atom. The van der Waals surface area contributed by atoms with Crippen LogP contribution in [0.3, 0.4) is 0 Å². The molecule has 3 aromatic rings. The van der Waals surface area contributed by atoms with Gasteiger partial charge in [-0.25, -0.2) is 4.68 Å². The number of carbonyl (C=O) groups is 1. The zero-order valence-electron chi connectivity index (χ0n) is 17.6. The first-order valence-corrected chi connectivity index (χ1v) is 10.4. The molecule has 1 fully saturated rings. The quantitative estimate of drug-likeness (QED) is 0.647. The Balaban J connectivity index is 1.49. The summed E-state index contributed by atoms with van der Waals surface area (Å²) in [5, 5.41) is 8.99. The number of amides is 1. The molecule has 0 aliphatic carbocycles. The fourth-order valence-electron chi connectivity index (χ4n) is 4.11. The van der Waals surface area contributed by atoms with Crippen molar-refractivity contribution >= 4 is 5.91 Å². The Morgan fingerprint density at radius 3 is 2.80 bits per heavy atom. The summed E-state index contributed by atoms with van der Waals surface area (Å²) in [7, 11) is 0. The highest BCUT2D eigenvalue weighted by molar-refractivity contribution is 5.78. The number of aryl methyl sites for hydroxylation is 2. The molecule has 8 heteroatoms. The minimum atomic E-state index is -0.194. The van der Waals surface area contributed by atoms with E-state index in [1.165, 1.54) is 10.7 Å². The first-order chi connectivity index (χ1) is 14.4. The predicted molar refractivity (Wildman–Crippen MR) is 112 cm³/mol. The number of aromatic nitrogens is 4. The van der Waals surface area contributed by atoms with Crippen molar-refractivity contribution in [3.05, 3.63) is 58.3 Å². The lowest BCUT2D eigenvalue weighted by Crippen LogP contribution is -2.45. The van der Waals surface area contributed by atoms with E-state index in [0.717, 1.165) is 24.2 Å². The second-order valence-electron chi connectivity index (χ2n) is 8.07. The molecule has 0 spiro atoms. The molecular weight excluding hydrogens is 382 g/mol. The molecule has 8 nitrogen and oxygen atoms in total. The minimum absolute atomic E-state index is 0.0856. The van der Waals surface area contributed by atoms with Gasteiger partial charge in [-0.15, -0.1) is 0 Å². The molecule has 3 aromatic heterocycles. The van der Waals surface area contributed by atoms with E-state index in [4.69, 9.17) is 4.42 Å². The maximum atomic E-state index is 13.1. The topological polar surface area (TPSA) is 86.2 Å². The predicted octanol–water partition coefficient (Wildman–Crippen LogP) is 2.82. The van der Waals surface area contributed by atoms with Crippen LogP contribution in [-0.4, -0.2) is 43.5 Å². The lowest BCUT2D eigenvalue weighted by Gasteiger charge is -2.34. The average molecular weight is 409 g/mol. The van der Waals surface area contributed by atoms with Crippen LogP contribution in [0.2, 0.25) is 0 Å². The van der Waals surface area contributed by atoms with Crippen molar-refractivity contribution in [2.45, 2.75) is 46.2 Å². The van der Waals surface area contributed by atoms with Gasteiger partial charge in [0.25, 0.3) is 5.56 Å². The van der Waals surface area contributed by atoms with Gasteiger partial charge in [-0.1, -0.05) is 6.92 Å². The minimum Gasteiger partial charge on any atom is -0.463 e. The molecule has 0 radical (unpaired) electrons. The molecule has 1 amide bonds. The third kappa shape index (κ3) is 4.08. The lowest BCUT2D eigenvalue weighted by molar-refractivity contribution is -0.137. The van der Waals surface area contributed by atoms with E-state index < -0.39 is 0 Å². The van der Waals surface area contributed by atoms with Crippen LogP contribution in [-0.2, 0) is 11.3 Å². The zero-order valence-corrected chi connectivity index (χ0v) is 17.6. The maximum Gasteiger partial charge on any atom is 0.267 e. The molecule has 4 rings (SSSR count). The third-order valence-electron chi connectivity index (χ3n) is 5.62. The van der Waals surface area contributed by atoms with E-state index in [1.807, 2.05) is 42.5 Å². The van der Waals surface area contributed by atoms with Crippen molar-refractivity contribution in [1.82, 2.24) is 24.5 Å². The number of hydrogen-bond acceptors (Lipinski definition) is 5. The summed E-state index contributed by atoms with van der Waals surface area (Å²) >= 11 is 0. The molecule has 30 heavy (non-hydrogen) atoms. The van der Waals surface area contributed by atoms with Crippen LogP contribution in [0.4, 0.5) is 0 Å². The molecular formula is C22H27N5O3. The van der Waals surface area contributed by atoms with Crippen molar-refractivity contribution in [3.63, 3.8) is 0 Å². The molecule has 0 N–H and O–H groups in total. The van der Waals surface area contributed by atoms with E-state index in [-0.39, 0.29) is 23.4 Å². The Bertz CT molecular complexity index is 1080. The van der Waals surface area contributed by atoms with Crippen LogP contribution in [0.15, 0.2) is 45.8 Å². The number of hydrogen-bond donors (Lipinski definition) is 0. The molecule has 1 aliphatic heterocycles. The SMILES string of the molecule is Cc1cc(C)n(CC(C)C(=O)N2CCCC(n3nc(-c4ccco4)ccc3=O)C2)n1. The van der Waals surface area contributed by atoms with E-state index in [2.05, 4.69) is 10.2 Å². The molecule has 1 aliphatic rings. The largest absolute Gasteiger partial charge is 0.463 e. The van der Waals surface area contributed by atoms with Crippen molar-refractivity contribution in [1.29, 1.82) is 0 Å². The molecule has 0 aromatic carbocycles. The average Bonchev–Trinajstić information content (AvgIpc) is 3.38.